The molecule has 0 saturated heterocycles. The Bertz CT molecular complexity index is 307. The van der Waals surface area contributed by atoms with Crippen LogP contribution in [-0.4, -0.2) is 19.7 Å². The first kappa shape index (κ1) is 12.8. The zero-order chi connectivity index (χ0) is 11.3. The van der Waals surface area contributed by atoms with Crippen LogP contribution in [0.25, 0.3) is 0 Å². The zero-order valence-corrected chi connectivity index (χ0v) is 11.4. The van der Waals surface area contributed by atoms with E-state index in [0.717, 1.165) is 40.5 Å². The Morgan fingerprint density at radius 3 is 2.80 bits per heavy atom. The van der Waals surface area contributed by atoms with Crippen LogP contribution < -0.4 is 10.1 Å². The molecule has 0 unspecified atom stereocenters. The van der Waals surface area contributed by atoms with Crippen LogP contribution in [0.1, 0.15) is 12.5 Å². The molecule has 0 bridgehead atoms. The maximum Gasteiger partial charge on any atom is 0.137 e. The smallest absolute Gasteiger partial charge is 0.137 e. The van der Waals surface area contributed by atoms with Crippen molar-refractivity contribution in [3.05, 3.63) is 27.2 Å². The number of aryl methyl sites for hydroxylation is 1. The first-order valence-corrected chi connectivity index (χ1v) is 6.22. The highest BCUT2D eigenvalue weighted by molar-refractivity contribution is 9.10. The minimum absolute atomic E-state index is 0.717. The lowest BCUT2D eigenvalue weighted by molar-refractivity contribution is -0.652. The van der Waals surface area contributed by atoms with Gasteiger partial charge in [0.1, 0.15) is 18.9 Å². The van der Waals surface area contributed by atoms with Crippen molar-refractivity contribution in [3.8, 4) is 5.75 Å². The SMILES string of the molecule is CC[NH2+]CCOc1c(C)cc(Cl)cc1Br. The molecule has 1 aromatic rings. The summed E-state index contributed by atoms with van der Waals surface area (Å²) in [6, 6.07) is 3.76. The Labute approximate surface area is 104 Å². The van der Waals surface area contributed by atoms with Gasteiger partial charge in [-0.1, -0.05) is 11.6 Å². The van der Waals surface area contributed by atoms with Crippen LogP contribution in [0.3, 0.4) is 0 Å². The number of likely N-dealkylation sites (N-methyl/N-ethyl adjacent to an activating group) is 1. The molecule has 0 aliphatic carbocycles. The third-order valence-electron chi connectivity index (χ3n) is 2.05. The maximum atomic E-state index is 5.91. The van der Waals surface area contributed by atoms with Crippen molar-refractivity contribution >= 4 is 27.5 Å². The van der Waals surface area contributed by atoms with Gasteiger partial charge in [0, 0.05) is 5.02 Å². The summed E-state index contributed by atoms with van der Waals surface area (Å²) in [4.78, 5) is 0. The highest BCUT2D eigenvalue weighted by Crippen LogP contribution is 2.31. The number of hydrogen-bond donors (Lipinski definition) is 1. The van der Waals surface area contributed by atoms with Crippen LogP contribution in [0, 0.1) is 6.92 Å². The van der Waals surface area contributed by atoms with E-state index in [4.69, 9.17) is 16.3 Å². The van der Waals surface area contributed by atoms with Gasteiger partial charge in [-0.25, -0.2) is 0 Å². The van der Waals surface area contributed by atoms with Gasteiger partial charge in [-0.3, -0.25) is 0 Å². The molecule has 84 valence electrons. The van der Waals surface area contributed by atoms with Crippen molar-refractivity contribution in [2.24, 2.45) is 0 Å². The Kier molecular flexibility index (Phi) is 5.43. The maximum absolute atomic E-state index is 5.91. The summed E-state index contributed by atoms with van der Waals surface area (Å²) >= 11 is 9.36. The molecule has 0 aromatic heterocycles. The molecule has 15 heavy (non-hydrogen) atoms. The molecular formula is C11H16BrClNO+. The fourth-order valence-electron chi connectivity index (χ4n) is 1.32. The summed E-state index contributed by atoms with van der Waals surface area (Å²) in [5.74, 6) is 0.893. The topological polar surface area (TPSA) is 25.8 Å². The minimum Gasteiger partial charge on any atom is -0.486 e. The van der Waals surface area contributed by atoms with Gasteiger partial charge < -0.3 is 10.1 Å². The van der Waals surface area contributed by atoms with E-state index in [1.54, 1.807) is 0 Å². The molecule has 1 rings (SSSR count). The van der Waals surface area contributed by atoms with Gasteiger partial charge in [-0.2, -0.15) is 0 Å². The molecule has 2 nitrogen and oxygen atoms in total. The number of halogens is 2. The second kappa shape index (κ2) is 6.36. The Hall–Kier alpha value is -0.250. The molecule has 0 spiro atoms. The molecule has 0 aliphatic heterocycles. The van der Waals surface area contributed by atoms with Crippen LogP contribution in [0.15, 0.2) is 16.6 Å². The number of nitrogens with two attached hydrogens (primary N) is 1. The standard InChI is InChI=1S/C11H15BrClNO/c1-3-14-4-5-15-11-8(2)6-9(13)7-10(11)12/h6-7,14H,3-5H2,1-2H3/p+1. The molecule has 0 aliphatic rings. The van der Waals surface area contributed by atoms with Gasteiger partial charge in [0.25, 0.3) is 0 Å². The third-order valence-corrected chi connectivity index (χ3v) is 2.86. The molecule has 0 fully saturated rings. The summed E-state index contributed by atoms with van der Waals surface area (Å²) in [5, 5.41) is 2.94. The fraction of sp³-hybridized carbons (Fsp3) is 0.455. The normalized spacial score (nSPS) is 10.4. The predicted octanol–water partition coefficient (Wildman–Crippen LogP) is 2.37. The van der Waals surface area contributed by atoms with Gasteiger partial charge in [0.05, 0.1) is 11.0 Å². The van der Waals surface area contributed by atoms with E-state index in [0.29, 0.717) is 0 Å². The van der Waals surface area contributed by atoms with E-state index in [2.05, 4.69) is 28.2 Å². The Balaban J connectivity index is 2.60. The van der Waals surface area contributed by atoms with E-state index in [1.807, 2.05) is 19.1 Å². The Morgan fingerprint density at radius 2 is 2.20 bits per heavy atom. The quantitative estimate of drug-likeness (QED) is 0.829. The third kappa shape index (κ3) is 4.01. The van der Waals surface area contributed by atoms with Gasteiger partial charge in [0.2, 0.25) is 0 Å². The largest absolute Gasteiger partial charge is 0.486 e. The second-order valence-electron chi connectivity index (χ2n) is 3.37. The summed E-state index contributed by atoms with van der Waals surface area (Å²) < 4.78 is 6.61. The Morgan fingerprint density at radius 1 is 1.47 bits per heavy atom. The van der Waals surface area contributed by atoms with E-state index < -0.39 is 0 Å². The molecule has 0 saturated carbocycles. The first-order chi connectivity index (χ1) is 7.15. The van der Waals surface area contributed by atoms with Gasteiger partial charge in [-0.05, 0) is 47.5 Å². The average Bonchev–Trinajstić information content (AvgIpc) is 2.15. The molecule has 0 heterocycles. The van der Waals surface area contributed by atoms with Crippen LogP contribution in [-0.2, 0) is 0 Å². The van der Waals surface area contributed by atoms with E-state index in [-0.39, 0.29) is 0 Å². The highest BCUT2D eigenvalue weighted by Gasteiger charge is 2.06. The van der Waals surface area contributed by atoms with Crippen molar-refractivity contribution in [1.82, 2.24) is 0 Å². The van der Waals surface area contributed by atoms with Gasteiger partial charge >= 0.3 is 0 Å². The number of hydrogen-bond acceptors (Lipinski definition) is 1. The second-order valence-corrected chi connectivity index (χ2v) is 4.66. The fourth-order valence-corrected chi connectivity index (χ4v) is 2.40. The predicted molar refractivity (Wildman–Crippen MR) is 66.7 cm³/mol. The lowest BCUT2D eigenvalue weighted by Gasteiger charge is -2.10. The molecular weight excluding hydrogens is 277 g/mol. The number of ether oxygens (including phenoxy) is 1. The average molecular weight is 294 g/mol. The van der Waals surface area contributed by atoms with Crippen molar-refractivity contribution < 1.29 is 10.1 Å². The van der Waals surface area contributed by atoms with Gasteiger partial charge in [0.15, 0.2) is 0 Å². The molecule has 1 aromatic carbocycles. The van der Waals surface area contributed by atoms with Crippen LogP contribution in [0.2, 0.25) is 5.02 Å². The summed E-state index contributed by atoms with van der Waals surface area (Å²) in [5.41, 5.74) is 1.06. The first-order valence-electron chi connectivity index (χ1n) is 5.05. The number of quaternary nitrogens is 1. The summed E-state index contributed by atoms with van der Waals surface area (Å²) in [7, 11) is 0. The van der Waals surface area contributed by atoms with E-state index >= 15 is 0 Å². The molecule has 0 amide bonds. The van der Waals surface area contributed by atoms with E-state index in [9.17, 15) is 0 Å². The van der Waals surface area contributed by atoms with Crippen molar-refractivity contribution in [3.63, 3.8) is 0 Å². The minimum atomic E-state index is 0.717. The van der Waals surface area contributed by atoms with Crippen molar-refractivity contribution in [2.45, 2.75) is 13.8 Å². The number of benzene rings is 1. The highest BCUT2D eigenvalue weighted by atomic mass is 79.9. The lowest BCUT2D eigenvalue weighted by Crippen LogP contribution is -2.84. The molecule has 2 N–H and O–H groups in total. The van der Waals surface area contributed by atoms with Gasteiger partial charge in [-0.15, -0.1) is 0 Å². The van der Waals surface area contributed by atoms with Crippen molar-refractivity contribution in [2.75, 3.05) is 19.7 Å². The molecule has 0 atom stereocenters. The van der Waals surface area contributed by atoms with Crippen LogP contribution in [0.5, 0.6) is 5.75 Å². The number of rotatable bonds is 5. The monoisotopic (exact) mass is 292 g/mol. The molecule has 0 radical (unpaired) electrons. The zero-order valence-electron chi connectivity index (χ0n) is 9.02. The summed E-state index contributed by atoms with van der Waals surface area (Å²) in [6.07, 6.45) is 0. The van der Waals surface area contributed by atoms with Crippen LogP contribution in [0.4, 0.5) is 0 Å². The van der Waals surface area contributed by atoms with Crippen molar-refractivity contribution in [1.29, 1.82) is 0 Å². The van der Waals surface area contributed by atoms with Crippen LogP contribution >= 0.6 is 27.5 Å². The van der Waals surface area contributed by atoms with E-state index in [1.165, 1.54) is 0 Å². The lowest BCUT2D eigenvalue weighted by atomic mass is 10.2. The summed E-state index contributed by atoms with van der Waals surface area (Å²) in [6.45, 7) is 6.91. The molecule has 4 heteroatoms.